The zero-order valence-corrected chi connectivity index (χ0v) is 20.8. The standard InChI is InChI=1S/C32H29FN2O2/c1-23-22-30(28-14-8-9-15-29(28)34(23)32(37)25-17-19-26(33)20-18-25)35(27-12-6-3-7-13-27)31(36)21-16-24-10-4-2-5-11-24/h2-15,17-20,23,30H,16,21-22H2,1H3/t23-,30+/m0/s1. The monoisotopic (exact) mass is 492 g/mol. The van der Waals surface area contributed by atoms with Gasteiger partial charge in [0, 0.05) is 29.4 Å². The number of fused-ring (bicyclic) bond motifs is 1. The number of rotatable bonds is 6. The van der Waals surface area contributed by atoms with Gasteiger partial charge in [-0.15, -0.1) is 0 Å². The maximum atomic E-state index is 13.8. The van der Waals surface area contributed by atoms with Gasteiger partial charge in [-0.25, -0.2) is 4.39 Å². The van der Waals surface area contributed by atoms with Gasteiger partial charge in [-0.2, -0.15) is 0 Å². The van der Waals surface area contributed by atoms with Gasteiger partial charge in [-0.3, -0.25) is 9.59 Å². The number of para-hydroxylation sites is 2. The second-order valence-electron chi connectivity index (χ2n) is 9.43. The predicted molar refractivity (Wildman–Crippen MR) is 145 cm³/mol. The van der Waals surface area contributed by atoms with Crippen LogP contribution < -0.4 is 9.80 Å². The molecule has 1 aliphatic rings. The lowest BCUT2D eigenvalue weighted by Gasteiger charge is -2.43. The van der Waals surface area contributed by atoms with Crippen molar-refractivity contribution in [2.45, 2.75) is 38.3 Å². The van der Waals surface area contributed by atoms with Crippen LogP contribution in [0.1, 0.15) is 47.3 Å². The van der Waals surface area contributed by atoms with Gasteiger partial charge in [0.2, 0.25) is 5.91 Å². The lowest BCUT2D eigenvalue weighted by atomic mass is 9.89. The first-order valence-corrected chi connectivity index (χ1v) is 12.6. The van der Waals surface area contributed by atoms with E-state index in [4.69, 9.17) is 0 Å². The molecule has 0 saturated heterocycles. The first kappa shape index (κ1) is 24.4. The van der Waals surface area contributed by atoms with Gasteiger partial charge in [0.05, 0.1) is 6.04 Å². The molecule has 0 unspecified atom stereocenters. The van der Waals surface area contributed by atoms with E-state index >= 15 is 0 Å². The molecular formula is C32H29FN2O2. The number of carbonyl (C=O) groups excluding carboxylic acids is 2. The Labute approximate surface area is 217 Å². The maximum absolute atomic E-state index is 13.8. The molecule has 1 heterocycles. The van der Waals surface area contributed by atoms with E-state index in [1.807, 2.05) is 96.8 Å². The van der Waals surface area contributed by atoms with Crippen molar-refractivity contribution in [2.24, 2.45) is 0 Å². The number of halogens is 1. The van der Waals surface area contributed by atoms with Gasteiger partial charge in [-0.05, 0) is 73.4 Å². The molecule has 1 aliphatic heterocycles. The summed E-state index contributed by atoms with van der Waals surface area (Å²) in [5, 5.41) is 0. The fourth-order valence-corrected chi connectivity index (χ4v) is 5.17. The average molecular weight is 493 g/mol. The van der Waals surface area contributed by atoms with Gasteiger partial charge in [0.25, 0.3) is 5.91 Å². The lowest BCUT2D eigenvalue weighted by molar-refractivity contribution is -0.119. The molecule has 186 valence electrons. The van der Waals surface area contributed by atoms with Gasteiger partial charge >= 0.3 is 0 Å². The molecule has 37 heavy (non-hydrogen) atoms. The van der Waals surface area contributed by atoms with E-state index in [1.165, 1.54) is 24.3 Å². The number of hydrogen-bond acceptors (Lipinski definition) is 2. The van der Waals surface area contributed by atoms with Crippen molar-refractivity contribution < 1.29 is 14.0 Å². The highest BCUT2D eigenvalue weighted by molar-refractivity contribution is 6.07. The average Bonchev–Trinajstić information content (AvgIpc) is 2.93. The second-order valence-corrected chi connectivity index (χ2v) is 9.43. The molecule has 0 bridgehead atoms. The van der Waals surface area contributed by atoms with Crippen LogP contribution in [0.3, 0.4) is 0 Å². The van der Waals surface area contributed by atoms with Crippen molar-refractivity contribution in [3.63, 3.8) is 0 Å². The van der Waals surface area contributed by atoms with E-state index in [0.717, 1.165) is 22.5 Å². The third-order valence-corrected chi connectivity index (χ3v) is 6.96. The number of aryl methyl sites for hydroxylation is 1. The summed E-state index contributed by atoms with van der Waals surface area (Å²) in [6.45, 7) is 2.00. The lowest BCUT2D eigenvalue weighted by Crippen LogP contribution is -2.47. The Kier molecular flexibility index (Phi) is 7.13. The summed E-state index contributed by atoms with van der Waals surface area (Å²) in [5.74, 6) is -0.517. The third-order valence-electron chi connectivity index (χ3n) is 6.96. The normalized spacial score (nSPS) is 16.6. The van der Waals surface area contributed by atoms with E-state index in [0.29, 0.717) is 24.8 Å². The highest BCUT2D eigenvalue weighted by Crippen LogP contribution is 2.43. The third kappa shape index (κ3) is 5.17. The highest BCUT2D eigenvalue weighted by Gasteiger charge is 2.38. The number of anilines is 2. The smallest absolute Gasteiger partial charge is 0.258 e. The van der Waals surface area contributed by atoms with E-state index in [-0.39, 0.29) is 29.7 Å². The summed E-state index contributed by atoms with van der Waals surface area (Å²) in [7, 11) is 0. The molecule has 0 spiro atoms. The maximum Gasteiger partial charge on any atom is 0.258 e. The molecule has 0 saturated carbocycles. The molecule has 0 N–H and O–H groups in total. The Morgan fingerprint density at radius 1 is 0.838 bits per heavy atom. The van der Waals surface area contributed by atoms with Crippen LogP contribution in [0.25, 0.3) is 0 Å². The Balaban J connectivity index is 1.50. The summed E-state index contributed by atoms with van der Waals surface area (Å²) < 4.78 is 13.5. The molecule has 0 fully saturated rings. The van der Waals surface area contributed by atoms with Crippen molar-refractivity contribution in [2.75, 3.05) is 9.80 Å². The van der Waals surface area contributed by atoms with Crippen LogP contribution in [0.5, 0.6) is 0 Å². The molecule has 5 rings (SSSR count). The number of nitrogens with zero attached hydrogens (tertiary/aromatic N) is 2. The SMILES string of the molecule is C[C@H]1C[C@@H](N(C(=O)CCc2ccccc2)c2ccccc2)c2ccccc2N1C(=O)c1ccc(F)cc1. The molecule has 0 aromatic heterocycles. The molecule has 5 heteroatoms. The molecule has 4 aromatic rings. The van der Waals surface area contributed by atoms with Crippen LogP contribution in [0.15, 0.2) is 109 Å². The van der Waals surface area contributed by atoms with Gasteiger partial charge in [0.15, 0.2) is 0 Å². The van der Waals surface area contributed by atoms with Crippen LogP contribution in [-0.4, -0.2) is 17.9 Å². The summed E-state index contributed by atoms with van der Waals surface area (Å²) in [4.78, 5) is 31.0. The predicted octanol–water partition coefficient (Wildman–Crippen LogP) is 6.97. The molecule has 2 atom stereocenters. The first-order valence-electron chi connectivity index (χ1n) is 12.6. The molecule has 4 nitrogen and oxygen atoms in total. The largest absolute Gasteiger partial charge is 0.305 e. The van der Waals surface area contributed by atoms with Crippen molar-refractivity contribution in [3.8, 4) is 0 Å². The van der Waals surface area contributed by atoms with Gasteiger partial charge < -0.3 is 9.80 Å². The summed E-state index contributed by atoms with van der Waals surface area (Å²) >= 11 is 0. The van der Waals surface area contributed by atoms with E-state index in [2.05, 4.69) is 0 Å². The van der Waals surface area contributed by atoms with Crippen molar-refractivity contribution in [1.29, 1.82) is 0 Å². The first-order chi connectivity index (χ1) is 18.0. The van der Waals surface area contributed by atoms with Crippen LogP contribution in [0.4, 0.5) is 15.8 Å². The summed E-state index contributed by atoms with van der Waals surface area (Å²) in [6, 6.07) is 32.8. The van der Waals surface area contributed by atoms with E-state index in [9.17, 15) is 14.0 Å². The summed E-state index contributed by atoms with van der Waals surface area (Å²) in [6.07, 6.45) is 1.61. The molecule has 0 radical (unpaired) electrons. The van der Waals surface area contributed by atoms with Crippen molar-refractivity contribution >= 4 is 23.2 Å². The number of carbonyl (C=O) groups is 2. The van der Waals surface area contributed by atoms with Gasteiger partial charge in [0.1, 0.15) is 5.82 Å². The zero-order valence-electron chi connectivity index (χ0n) is 20.8. The van der Waals surface area contributed by atoms with Crippen LogP contribution in [-0.2, 0) is 11.2 Å². The zero-order chi connectivity index (χ0) is 25.8. The Hall–Kier alpha value is -4.25. The van der Waals surface area contributed by atoms with E-state index in [1.54, 1.807) is 4.90 Å². The van der Waals surface area contributed by atoms with Crippen molar-refractivity contribution in [3.05, 3.63) is 132 Å². The second kappa shape index (κ2) is 10.8. The molecule has 4 aromatic carbocycles. The molecule has 0 aliphatic carbocycles. The van der Waals surface area contributed by atoms with Crippen LogP contribution in [0.2, 0.25) is 0 Å². The summed E-state index contributed by atoms with van der Waals surface area (Å²) in [5.41, 5.74) is 4.09. The minimum atomic E-state index is -0.378. The van der Waals surface area contributed by atoms with Gasteiger partial charge in [-0.1, -0.05) is 66.7 Å². The minimum absolute atomic E-state index is 0.0420. The Morgan fingerprint density at radius 2 is 1.46 bits per heavy atom. The topological polar surface area (TPSA) is 40.6 Å². The number of amides is 2. The Bertz CT molecular complexity index is 1370. The van der Waals surface area contributed by atoms with E-state index < -0.39 is 0 Å². The molecule has 2 amide bonds. The highest BCUT2D eigenvalue weighted by atomic mass is 19.1. The molecular weight excluding hydrogens is 463 g/mol. The number of benzene rings is 4. The van der Waals surface area contributed by atoms with Crippen LogP contribution >= 0.6 is 0 Å². The fraction of sp³-hybridized carbons (Fsp3) is 0.188. The van der Waals surface area contributed by atoms with Crippen LogP contribution in [0, 0.1) is 5.82 Å². The quantitative estimate of drug-likeness (QED) is 0.292. The van der Waals surface area contributed by atoms with Crippen molar-refractivity contribution in [1.82, 2.24) is 0 Å². The minimum Gasteiger partial charge on any atom is -0.305 e. The Morgan fingerprint density at radius 3 is 2.16 bits per heavy atom. The number of hydrogen-bond donors (Lipinski definition) is 0. The fourth-order valence-electron chi connectivity index (χ4n) is 5.17.